The van der Waals surface area contributed by atoms with Crippen LogP contribution in [0.5, 0.6) is 0 Å². The Morgan fingerprint density at radius 1 is 0.722 bits per heavy atom. The number of hydrogen-bond donors (Lipinski definition) is 0. The van der Waals surface area contributed by atoms with Gasteiger partial charge < -0.3 is 0 Å². The fourth-order valence-corrected chi connectivity index (χ4v) is 2.15. The summed E-state index contributed by atoms with van der Waals surface area (Å²) in [5.74, 6) is 0. The lowest BCUT2D eigenvalue weighted by Crippen LogP contribution is -1.90. The van der Waals surface area contributed by atoms with Crippen molar-refractivity contribution in [2.45, 2.75) is 39.5 Å². The van der Waals surface area contributed by atoms with E-state index >= 15 is 0 Å². The standard InChI is InChI=1S/C18H22/c1-3-4-5-16-10-12-18(13-11-16)14-17-8-6-15(2)7-9-17/h6-13H,3-5,14H2,1-2H3. The highest BCUT2D eigenvalue weighted by molar-refractivity contribution is 5.30. The van der Waals surface area contributed by atoms with E-state index in [0.717, 1.165) is 6.42 Å². The summed E-state index contributed by atoms with van der Waals surface area (Å²) < 4.78 is 0. The summed E-state index contributed by atoms with van der Waals surface area (Å²) in [5.41, 5.74) is 5.58. The van der Waals surface area contributed by atoms with E-state index in [2.05, 4.69) is 62.4 Å². The highest BCUT2D eigenvalue weighted by atomic mass is 14.0. The minimum atomic E-state index is 1.04. The lowest BCUT2D eigenvalue weighted by atomic mass is 10.0. The Balaban J connectivity index is 1.99. The first-order valence-electron chi connectivity index (χ1n) is 6.91. The fraction of sp³-hybridized carbons (Fsp3) is 0.333. The number of benzene rings is 2. The van der Waals surface area contributed by atoms with Crippen molar-refractivity contribution in [3.8, 4) is 0 Å². The molecule has 0 bridgehead atoms. The van der Waals surface area contributed by atoms with Gasteiger partial charge in [-0.15, -0.1) is 0 Å². The van der Waals surface area contributed by atoms with Crippen molar-refractivity contribution in [1.29, 1.82) is 0 Å². The monoisotopic (exact) mass is 238 g/mol. The Kier molecular flexibility index (Phi) is 4.58. The molecule has 2 aromatic rings. The third-order valence-corrected chi connectivity index (χ3v) is 3.37. The van der Waals surface area contributed by atoms with Crippen molar-refractivity contribution in [3.63, 3.8) is 0 Å². The second-order valence-corrected chi connectivity index (χ2v) is 5.08. The highest BCUT2D eigenvalue weighted by Gasteiger charge is 1.97. The second kappa shape index (κ2) is 6.39. The number of rotatable bonds is 5. The van der Waals surface area contributed by atoms with Crippen LogP contribution in [0, 0.1) is 6.92 Å². The molecule has 2 aromatic carbocycles. The molecule has 2 rings (SSSR count). The van der Waals surface area contributed by atoms with Gasteiger partial charge in [-0.2, -0.15) is 0 Å². The number of aryl methyl sites for hydroxylation is 2. The molecular formula is C18H22. The van der Waals surface area contributed by atoms with E-state index in [1.807, 2.05) is 0 Å². The predicted octanol–water partition coefficient (Wildman–Crippen LogP) is 4.93. The van der Waals surface area contributed by atoms with Crippen LogP contribution in [0.3, 0.4) is 0 Å². The summed E-state index contributed by atoms with van der Waals surface area (Å²) in [5, 5.41) is 0. The summed E-state index contributed by atoms with van der Waals surface area (Å²) in [6.07, 6.45) is 4.80. The maximum absolute atomic E-state index is 2.28. The van der Waals surface area contributed by atoms with Gasteiger partial charge in [-0.25, -0.2) is 0 Å². The molecule has 0 radical (unpaired) electrons. The van der Waals surface area contributed by atoms with E-state index < -0.39 is 0 Å². The average Bonchev–Trinajstić information content (AvgIpc) is 2.41. The molecule has 0 aliphatic carbocycles. The molecule has 0 unspecified atom stereocenters. The van der Waals surface area contributed by atoms with Gasteiger partial charge in [0.2, 0.25) is 0 Å². The molecule has 18 heavy (non-hydrogen) atoms. The fourth-order valence-electron chi connectivity index (χ4n) is 2.15. The van der Waals surface area contributed by atoms with Gasteiger partial charge in [0.1, 0.15) is 0 Å². The van der Waals surface area contributed by atoms with Crippen LogP contribution in [0.25, 0.3) is 0 Å². The molecule has 0 spiro atoms. The zero-order valence-corrected chi connectivity index (χ0v) is 11.4. The van der Waals surface area contributed by atoms with E-state index in [9.17, 15) is 0 Å². The van der Waals surface area contributed by atoms with Crippen molar-refractivity contribution in [1.82, 2.24) is 0 Å². The Morgan fingerprint density at radius 2 is 1.22 bits per heavy atom. The topological polar surface area (TPSA) is 0 Å². The molecule has 0 saturated carbocycles. The summed E-state index contributed by atoms with van der Waals surface area (Å²) in [6, 6.07) is 17.9. The normalized spacial score (nSPS) is 10.6. The van der Waals surface area contributed by atoms with Crippen molar-refractivity contribution >= 4 is 0 Å². The van der Waals surface area contributed by atoms with E-state index in [4.69, 9.17) is 0 Å². The molecule has 0 aromatic heterocycles. The van der Waals surface area contributed by atoms with Gasteiger partial charge in [-0.05, 0) is 42.9 Å². The lowest BCUT2D eigenvalue weighted by molar-refractivity contribution is 0.795. The second-order valence-electron chi connectivity index (χ2n) is 5.08. The minimum Gasteiger partial charge on any atom is -0.0654 e. The molecule has 0 amide bonds. The van der Waals surface area contributed by atoms with Crippen LogP contribution < -0.4 is 0 Å². The molecule has 0 atom stereocenters. The van der Waals surface area contributed by atoms with Gasteiger partial charge in [0.05, 0.1) is 0 Å². The third kappa shape index (κ3) is 3.73. The van der Waals surface area contributed by atoms with Crippen molar-refractivity contribution < 1.29 is 0 Å². The number of unbranched alkanes of at least 4 members (excludes halogenated alkanes) is 1. The van der Waals surface area contributed by atoms with Gasteiger partial charge in [0.25, 0.3) is 0 Å². The van der Waals surface area contributed by atoms with Crippen LogP contribution in [0.4, 0.5) is 0 Å². The maximum Gasteiger partial charge on any atom is -0.00258 e. The zero-order chi connectivity index (χ0) is 12.8. The SMILES string of the molecule is CCCCc1ccc(Cc2ccc(C)cc2)cc1. The quantitative estimate of drug-likeness (QED) is 0.693. The first kappa shape index (κ1) is 12.9. The number of hydrogen-bond acceptors (Lipinski definition) is 0. The molecule has 0 saturated heterocycles. The summed E-state index contributed by atoms with van der Waals surface area (Å²) in [4.78, 5) is 0. The predicted molar refractivity (Wildman–Crippen MR) is 79.0 cm³/mol. The van der Waals surface area contributed by atoms with Crippen LogP contribution >= 0.6 is 0 Å². The summed E-state index contributed by atoms with van der Waals surface area (Å²) in [7, 11) is 0. The first-order chi connectivity index (χ1) is 8.78. The molecule has 0 aliphatic heterocycles. The van der Waals surface area contributed by atoms with Crippen molar-refractivity contribution in [2.75, 3.05) is 0 Å². The van der Waals surface area contributed by atoms with Crippen molar-refractivity contribution in [3.05, 3.63) is 70.8 Å². The molecule has 0 heterocycles. The van der Waals surface area contributed by atoms with Crippen LogP contribution in [0.1, 0.15) is 42.0 Å². The minimum absolute atomic E-state index is 1.04. The Bertz CT molecular complexity index is 462. The summed E-state index contributed by atoms with van der Waals surface area (Å²) in [6.45, 7) is 4.37. The largest absolute Gasteiger partial charge is 0.0654 e. The average molecular weight is 238 g/mol. The van der Waals surface area contributed by atoms with Gasteiger partial charge in [0.15, 0.2) is 0 Å². The smallest absolute Gasteiger partial charge is 0.00258 e. The molecule has 0 heteroatoms. The highest BCUT2D eigenvalue weighted by Crippen LogP contribution is 2.13. The maximum atomic E-state index is 2.28. The zero-order valence-electron chi connectivity index (χ0n) is 11.4. The third-order valence-electron chi connectivity index (χ3n) is 3.37. The van der Waals surface area contributed by atoms with Crippen LogP contribution in [-0.4, -0.2) is 0 Å². The Labute approximate surface area is 111 Å². The Morgan fingerprint density at radius 3 is 1.78 bits per heavy atom. The van der Waals surface area contributed by atoms with E-state index in [1.165, 1.54) is 41.5 Å². The molecule has 0 fully saturated rings. The molecule has 0 N–H and O–H groups in total. The van der Waals surface area contributed by atoms with Crippen LogP contribution in [0.2, 0.25) is 0 Å². The molecule has 0 nitrogen and oxygen atoms in total. The van der Waals surface area contributed by atoms with Crippen LogP contribution in [-0.2, 0) is 12.8 Å². The molecule has 94 valence electrons. The van der Waals surface area contributed by atoms with Gasteiger partial charge in [-0.3, -0.25) is 0 Å². The van der Waals surface area contributed by atoms with E-state index in [0.29, 0.717) is 0 Å². The molecule has 0 aliphatic rings. The van der Waals surface area contributed by atoms with Gasteiger partial charge in [-0.1, -0.05) is 67.4 Å². The van der Waals surface area contributed by atoms with E-state index in [1.54, 1.807) is 0 Å². The van der Waals surface area contributed by atoms with Crippen LogP contribution in [0.15, 0.2) is 48.5 Å². The summed E-state index contributed by atoms with van der Waals surface area (Å²) >= 11 is 0. The first-order valence-corrected chi connectivity index (χ1v) is 6.91. The van der Waals surface area contributed by atoms with Gasteiger partial charge in [0, 0.05) is 0 Å². The van der Waals surface area contributed by atoms with Crippen molar-refractivity contribution in [2.24, 2.45) is 0 Å². The van der Waals surface area contributed by atoms with Gasteiger partial charge >= 0.3 is 0 Å². The molecular weight excluding hydrogens is 216 g/mol. The lowest BCUT2D eigenvalue weighted by Gasteiger charge is -2.05. The Hall–Kier alpha value is -1.56. The van der Waals surface area contributed by atoms with E-state index in [-0.39, 0.29) is 0 Å².